The Hall–Kier alpha value is -1.53. The van der Waals surface area contributed by atoms with Gasteiger partial charge in [0, 0.05) is 5.69 Å². The lowest BCUT2D eigenvalue weighted by Crippen LogP contribution is -2.18. The Kier molecular flexibility index (Phi) is 2.02. The smallest absolute Gasteiger partial charge is 0.364 e. The fraction of sp³-hybridized carbons (Fsp3) is 0.333. The number of H-pyrrole nitrogens is 1. The van der Waals surface area contributed by atoms with Crippen LogP contribution in [0, 0.1) is 6.92 Å². The van der Waals surface area contributed by atoms with E-state index in [2.05, 4.69) is 10.2 Å². The Morgan fingerprint density at radius 1 is 1.54 bits per heavy atom. The third-order valence-corrected chi connectivity index (χ3v) is 1.46. The molecule has 7 heteroatoms. The van der Waals surface area contributed by atoms with Gasteiger partial charge in [-0.05, 0) is 6.92 Å². The zero-order valence-electron chi connectivity index (χ0n) is 6.57. The van der Waals surface area contributed by atoms with Crippen LogP contribution in [0.5, 0.6) is 0 Å². The minimum Gasteiger partial charge on any atom is -0.364 e. The monoisotopic (exact) mass is 193 g/mol. The molecule has 1 heterocycles. The van der Waals surface area contributed by atoms with E-state index in [4.69, 9.17) is 5.73 Å². The van der Waals surface area contributed by atoms with Gasteiger partial charge in [0.15, 0.2) is 5.69 Å². The number of carbonyl (C=O) groups excluding carboxylic acids is 1. The summed E-state index contributed by atoms with van der Waals surface area (Å²) in [5, 5.41) is 5.22. The Bertz CT molecular complexity index is 341. The van der Waals surface area contributed by atoms with Crippen molar-refractivity contribution in [2.75, 3.05) is 0 Å². The van der Waals surface area contributed by atoms with Gasteiger partial charge in [0.1, 0.15) is 5.56 Å². The fourth-order valence-electron chi connectivity index (χ4n) is 0.954. The molecule has 1 amide bonds. The van der Waals surface area contributed by atoms with Crippen molar-refractivity contribution >= 4 is 5.91 Å². The predicted octanol–water partition coefficient (Wildman–Crippen LogP) is 0.836. The molecule has 4 nitrogen and oxygen atoms in total. The maximum absolute atomic E-state index is 12.2. The first-order valence-corrected chi connectivity index (χ1v) is 3.26. The summed E-state index contributed by atoms with van der Waals surface area (Å²) in [5.41, 5.74) is 2.61. The van der Waals surface area contributed by atoms with Gasteiger partial charge in [0.25, 0.3) is 5.91 Å². The standard InChI is InChI=1S/C6H6F3N3O/c1-2-3(6(7,8)9)4(5(10)13)12-11-2/h1H3,(H2,10,13)(H,11,12). The van der Waals surface area contributed by atoms with Crippen LogP contribution in [0.25, 0.3) is 0 Å². The number of alkyl halides is 3. The minimum absolute atomic E-state index is 0.221. The zero-order chi connectivity index (χ0) is 10.2. The van der Waals surface area contributed by atoms with Crippen LogP contribution in [0.15, 0.2) is 0 Å². The Morgan fingerprint density at radius 2 is 2.08 bits per heavy atom. The molecule has 0 spiro atoms. The molecule has 0 aliphatic carbocycles. The fourth-order valence-corrected chi connectivity index (χ4v) is 0.954. The van der Waals surface area contributed by atoms with Crippen molar-refractivity contribution in [1.82, 2.24) is 10.2 Å². The summed E-state index contributed by atoms with van der Waals surface area (Å²) in [5.74, 6) is -1.20. The van der Waals surface area contributed by atoms with Crippen molar-refractivity contribution in [2.45, 2.75) is 13.1 Å². The number of aromatic amines is 1. The van der Waals surface area contributed by atoms with Gasteiger partial charge in [0.2, 0.25) is 0 Å². The molecule has 0 fully saturated rings. The van der Waals surface area contributed by atoms with Gasteiger partial charge in [-0.25, -0.2) is 0 Å². The molecule has 0 saturated heterocycles. The van der Waals surface area contributed by atoms with E-state index in [0.717, 1.165) is 0 Å². The van der Waals surface area contributed by atoms with Gasteiger partial charge in [-0.15, -0.1) is 0 Å². The number of hydrogen-bond acceptors (Lipinski definition) is 2. The first-order valence-electron chi connectivity index (χ1n) is 3.26. The molecule has 3 N–H and O–H groups in total. The summed E-state index contributed by atoms with van der Waals surface area (Å²) in [6, 6.07) is 0. The summed E-state index contributed by atoms with van der Waals surface area (Å²) >= 11 is 0. The number of aromatic nitrogens is 2. The molecule has 0 unspecified atom stereocenters. The number of nitrogens with one attached hydrogen (secondary N) is 1. The number of hydrogen-bond donors (Lipinski definition) is 2. The lowest BCUT2D eigenvalue weighted by molar-refractivity contribution is -0.138. The maximum Gasteiger partial charge on any atom is 0.420 e. The van der Waals surface area contributed by atoms with E-state index in [-0.39, 0.29) is 5.69 Å². The van der Waals surface area contributed by atoms with E-state index in [1.807, 2.05) is 0 Å². The maximum atomic E-state index is 12.2. The molecular formula is C6H6F3N3O. The average molecular weight is 193 g/mol. The van der Waals surface area contributed by atoms with Crippen LogP contribution in [0.2, 0.25) is 0 Å². The Morgan fingerprint density at radius 3 is 2.38 bits per heavy atom. The molecule has 0 aliphatic heterocycles. The molecule has 0 aliphatic rings. The van der Waals surface area contributed by atoms with Crippen molar-refractivity contribution in [3.05, 3.63) is 17.0 Å². The average Bonchev–Trinajstić information content (AvgIpc) is 2.28. The first kappa shape index (κ1) is 9.56. The van der Waals surface area contributed by atoms with Gasteiger partial charge < -0.3 is 5.73 Å². The lowest BCUT2D eigenvalue weighted by atomic mass is 10.2. The first-order chi connectivity index (χ1) is 5.84. The number of halogens is 3. The van der Waals surface area contributed by atoms with E-state index in [1.165, 1.54) is 6.92 Å². The second-order valence-electron chi connectivity index (χ2n) is 2.43. The summed E-state index contributed by atoms with van der Waals surface area (Å²) in [6.45, 7) is 1.17. The van der Waals surface area contributed by atoms with Crippen molar-refractivity contribution in [3.63, 3.8) is 0 Å². The molecule has 1 aromatic heterocycles. The van der Waals surface area contributed by atoms with Gasteiger partial charge in [-0.3, -0.25) is 9.89 Å². The van der Waals surface area contributed by atoms with Gasteiger partial charge in [-0.2, -0.15) is 18.3 Å². The molecule has 0 radical (unpaired) electrons. The number of nitrogens with two attached hydrogens (primary N) is 1. The van der Waals surface area contributed by atoms with Gasteiger partial charge in [0.05, 0.1) is 0 Å². The molecule has 72 valence electrons. The third-order valence-electron chi connectivity index (χ3n) is 1.46. The quantitative estimate of drug-likeness (QED) is 0.693. The third kappa shape index (κ3) is 1.63. The number of primary amides is 1. The van der Waals surface area contributed by atoms with E-state index >= 15 is 0 Å². The van der Waals surface area contributed by atoms with Crippen LogP contribution in [0.1, 0.15) is 21.7 Å². The minimum atomic E-state index is -4.61. The highest BCUT2D eigenvalue weighted by molar-refractivity contribution is 5.92. The normalized spacial score (nSPS) is 11.7. The molecule has 1 rings (SSSR count). The van der Waals surface area contributed by atoms with Crippen molar-refractivity contribution < 1.29 is 18.0 Å². The van der Waals surface area contributed by atoms with E-state index in [1.54, 1.807) is 0 Å². The molecule has 1 aromatic rings. The summed E-state index contributed by atoms with van der Waals surface area (Å²) in [4.78, 5) is 10.5. The van der Waals surface area contributed by atoms with Crippen molar-refractivity contribution in [3.8, 4) is 0 Å². The number of amides is 1. The zero-order valence-corrected chi connectivity index (χ0v) is 6.57. The van der Waals surface area contributed by atoms with Crippen LogP contribution in [-0.2, 0) is 6.18 Å². The molecule has 13 heavy (non-hydrogen) atoms. The van der Waals surface area contributed by atoms with E-state index < -0.39 is 23.3 Å². The second-order valence-corrected chi connectivity index (χ2v) is 2.43. The summed E-state index contributed by atoms with van der Waals surface area (Å²) in [7, 11) is 0. The number of rotatable bonds is 1. The molecular weight excluding hydrogens is 187 g/mol. The van der Waals surface area contributed by atoms with Crippen LogP contribution >= 0.6 is 0 Å². The highest BCUT2D eigenvalue weighted by Gasteiger charge is 2.38. The molecule has 0 atom stereocenters. The largest absolute Gasteiger partial charge is 0.420 e. The lowest BCUT2D eigenvalue weighted by Gasteiger charge is -2.05. The van der Waals surface area contributed by atoms with Crippen molar-refractivity contribution in [1.29, 1.82) is 0 Å². The van der Waals surface area contributed by atoms with Gasteiger partial charge in [-0.1, -0.05) is 0 Å². The van der Waals surface area contributed by atoms with Gasteiger partial charge >= 0.3 is 6.18 Å². The highest BCUT2D eigenvalue weighted by Crippen LogP contribution is 2.32. The van der Waals surface area contributed by atoms with E-state index in [9.17, 15) is 18.0 Å². The summed E-state index contributed by atoms with van der Waals surface area (Å²) in [6.07, 6.45) is -4.61. The number of nitrogens with zero attached hydrogens (tertiary/aromatic N) is 1. The Labute approximate surface area is 70.9 Å². The SMILES string of the molecule is Cc1[nH]nc(C(N)=O)c1C(F)(F)F. The summed E-state index contributed by atoms with van der Waals surface area (Å²) < 4.78 is 36.7. The molecule has 0 saturated carbocycles. The topological polar surface area (TPSA) is 71.8 Å². The highest BCUT2D eigenvalue weighted by atomic mass is 19.4. The number of carbonyl (C=O) groups is 1. The number of aryl methyl sites for hydroxylation is 1. The molecule has 0 bridgehead atoms. The predicted molar refractivity (Wildman–Crippen MR) is 36.8 cm³/mol. The second kappa shape index (κ2) is 2.75. The van der Waals surface area contributed by atoms with Crippen LogP contribution in [0.4, 0.5) is 13.2 Å². The van der Waals surface area contributed by atoms with Crippen LogP contribution in [-0.4, -0.2) is 16.1 Å². The van der Waals surface area contributed by atoms with E-state index in [0.29, 0.717) is 0 Å². The van der Waals surface area contributed by atoms with Crippen LogP contribution < -0.4 is 5.73 Å². The Balaban J connectivity index is 3.33. The molecule has 0 aromatic carbocycles. The van der Waals surface area contributed by atoms with Crippen molar-refractivity contribution in [2.24, 2.45) is 5.73 Å². The van der Waals surface area contributed by atoms with Crippen LogP contribution in [0.3, 0.4) is 0 Å².